The number of carbonyl (C=O) groups excluding carboxylic acids is 2. The van der Waals surface area contributed by atoms with Gasteiger partial charge in [0.05, 0.1) is 41.9 Å². The van der Waals surface area contributed by atoms with Crippen LogP contribution in [0.3, 0.4) is 0 Å². The number of rotatable bonds is 10. The molecule has 8 heteroatoms. The van der Waals surface area contributed by atoms with Crippen molar-refractivity contribution in [2.45, 2.75) is 39.4 Å². The van der Waals surface area contributed by atoms with Crippen molar-refractivity contribution in [3.8, 4) is 0 Å². The molecule has 33 heavy (non-hydrogen) atoms. The van der Waals surface area contributed by atoms with Gasteiger partial charge in [-0.1, -0.05) is 54.1 Å². The average molecular weight is 469 g/mol. The lowest BCUT2D eigenvalue weighted by Gasteiger charge is -2.19. The first kappa shape index (κ1) is 24.5. The van der Waals surface area contributed by atoms with Gasteiger partial charge in [-0.2, -0.15) is 5.10 Å². The van der Waals surface area contributed by atoms with Crippen LogP contribution in [-0.4, -0.2) is 35.3 Å². The summed E-state index contributed by atoms with van der Waals surface area (Å²) in [5, 5.41) is 10.8. The number of halogens is 1. The van der Waals surface area contributed by atoms with Gasteiger partial charge in [-0.3, -0.25) is 14.3 Å². The number of benzene rings is 2. The van der Waals surface area contributed by atoms with Gasteiger partial charge < -0.3 is 15.4 Å². The Morgan fingerprint density at radius 2 is 1.79 bits per heavy atom. The highest BCUT2D eigenvalue weighted by Crippen LogP contribution is 2.21. The molecule has 0 saturated carbocycles. The normalized spacial score (nSPS) is 11.8. The van der Waals surface area contributed by atoms with E-state index >= 15 is 0 Å². The first-order valence-corrected chi connectivity index (χ1v) is 11.2. The van der Waals surface area contributed by atoms with E-state index in [1.807, 2.05) is 48.9 Å². The molecule has 7 nitrogen and oxygen atoms in total. The number of nitrogens with zero attached hydrogens (tertiary/aromatic N) is 2. The van der Waals surface area contributed by atoms with Crippen molar-refractivity contribution in [2.75, 3.05) is 13.7 Å². The molecule has 0 spiro atoms. The Balaban J connectivity index is 1.69. The molecular formula is C25H29ClN4O3. The van der Waals surface area contributed by atoms with E-state index in [4.69, 9.17) is 16.3 Å². The first-order chi connectivity index (χ1) is 15.9. The van der Waals surface area contributed by atoms with E-state index in [2.05, 4.69) is 15.7 Å². The molecule has 0 fully saturated rings. The summed E-state index contributed by atoms with van der Waals surface area (Å²) >= 11 is 6.18. The first-order valence-electron chi connectivity index (χ1n) is 10.8. The fourth-order valence-corrected chi connectivity index (χ4v) is 3.87. The summed E-state index contributed by atoms with van der Waals surface area (Å²) in [5.41, 5.74) is 4.06. The summed E-state index contributed by atoms with van der Waals surface area (Å²) in [7, 11) is 1.65. The highest BCUT2D eigenvalue weighted by molar-refractivity contribution is 6.33. The van der Waals surface area contributed by atoms with Crippen molar-refractivity contribution >= 4 is 23.4 Å². The topological polar surface area (TPSA) is 85.2 Å². The number of aryl methyl sites for hydroxylation is 1. The molecule has 1 aromatic heterocycles. The number of hydrogen-bond donors (Lipinski definition) is 2. The van der Waals surface area contributed by atoms with Crippen molar-refractivity contribution in [1.29, 1.82) is 0 Å². The van der Waals surface area contributed by atoms with Crippen LogP contribution in [0.4, 0.5) is 0 Å². The Kier molecular flexibility index (Phi) is 8.63. The molecule has 1 heterocycles. The third-order valence-corrected chi connectivity index (χ3v) is 5.85. The zero-order valence-electron chi connectivity index (χ0n) is 19.1. The van der Waals surface area contributed by atoms with E-state index in [9.17, 15) is 9.59 Å². The molecule has 1 atom stereocenters. The van der Waals surface area contributed by atoms with Gasteiger partial charge in [0.2, 0.25) is 5.91 Å². The monoisotopic (exact) mass is 468 g/mol. The van der Waals surface area contributed by atoms with Crippen molar-refractivity contribution in [3.63, 3.8) is 0 Å². The largest absolute Gasteiger partial charge is 0.383 e. The maximum Gasteiger partial charge on any atom is 0.253 e. The standard InChI is InChI=1S/C25H29ClN4O3/c1-17-21(18(2)30(29-17)13-14-33-3)16-27-24(31)15-23(19-9-5-4-6-10-19)28-25(32)20-11-7-8-12-22(20)26/h4-12,23H,13-16H2,1-3H3,(H,27,31)(H,28,32). The Bertz CT molecular complexity index is 1100. The minimum atomic E-state index is -0.499. The molecule has 3 rings (SSSR count). The van der Waals surface area contributed by atoms with Crippen molar-refractivity contribution in [1.82, 2.24) is 20.4 Å². The molecule has 1 unspecified atom stereocenters. The number of amides is 2. The molecule has 0 aliphatic rings. The molecule has 0 radical (unpaired) electrons. The van der Waals surface area contributed by atoms with Crippen LogP contribution in [0.5, 0.6) is 0 Å². The van der Waals surface area contributed by atoms with Crippen molar-refractivity contribution in [3.05, 3.63) is 87.7 Å². The second-order valence-corrected chi connectivity index (χ2v) is 8.17. The lowest BCUT2D eigenvalue weighted by Crippen LogP contribution is -2.34. The predicted octanol–water partition coefficient (Wildman–Crippen LogP) is 3.98. The quantitative estimate of drug-likeness (QED) is 0.471. The van der Waals surface area contributed by atoms with Gasteiger partial charge in [0, 0.05) is 24.9 Å². The van der Waals surface area contributed by atoms with Gasteiger partial charge in [-0.05, 0) is 31.5 Å². The summed E-state index contributed by atoms with van der Waals surface area (Å²) in [5.74, 6) is -0.500. The fraction of sp³-hybridized carbons (Fsp3) is 0.320. The highest BCUT2D eigenvalue weighted by atomic mass is 35.5. The molecule has 3 aromatic rings. The molecule has 2 N–H and O–H groups in total. The number of hydrogen-bond acceptors (Lipinski definition) is 4. The van der Waals surface area contributed by atoms with Gasteiger partial charge in [-0.25, -0.2) is 0 Å². The average Bonchev–Trinajstić information content (AvgIpc) is 3.08. The van der Waals surface area contributed by atoms with E-state index in [1.165, 1.54) is 0 Å². The highest BCUT2D eigenvalue weighted by Gasteiger charge is 2.21. The molecule has 174 valence electrons. The molecule has 0 aliphatic carbocycles. The molecular weight excluding hydrogens is 440 g/mol. The van der Waals surface area contributed by atoms with E-state index in [-0.39, 0.29) is 18.2 Å². The minimum absolute atomic E-state index is 0.0934. The third kappa shape index (κ3) is 6.43. The zero-order valence-corrected chi connectivity index (χ0v) is 19.9. The molecule has 2 aromatic carbocycles. The summed E-state index contributed by atoms with van der Waals surface area (Å²) in [6.07, 6.45) is 0.0934. The van der Waals surface area contributed by atoms with Crippen LogP contribution in [0.2, 0.25) is 5.02 Å². The molecule has 2 amide bonds. The number of aromatic nitrogens is 2. The van der Waals surface area contributed by atoms with Crippen LogP contribution in [0.25, 0.3) is 0 Å². The Morgan fingerprint density at radius 3 is 2.48 bits per heavy atom. The minimum Gasteiger partial charge on any atom is -0.383 e. The van der Waals surface area contributed by atoms with Crippen LogP contribution < -0.4 is 10.6 Å². The van der Waals surface area contributed by atoms with Gasteiger partial charge in [0.1, 0.15) is 0 Å². The SMILES string of the molecule is COCCn1nc(C)c(CNC(=O)CC(NC(=O)c2ccccc2Cl)c2ccccc2)c1C. The zero-order chi connectivity index (χ0) is 23.8. The van der Waals surface area contributed by atoms with Crippen molar-refractivity contribution < 1.29 is 14.3 Å². The van der Waals surface area contributed by atoms with Gasteiger partial charge >= 0.3 is 0 Å². The maximum absolute atomic E-state index is 12.9. The number of carbonyl (C=O) groups is 2. The Labute approximate surface area is 199 Å². The summed E-state index contributed by atoms with van der Waals surface area (Å²) in [6.45, 7) is 5.49. The smallest absolute Gasteiger partial charge is 0.253 e. The number of methoxy groups -OCH3 is 1. The fourth-order valence-electron chi connectivity index (χ4n) is 3.65. The van der Waals surface area contributed by atoms with Gasteiger partial charge in [-0.15, -0.1) is 0 Å². The van der Waals surface area contributed by atoms with Gasteiger partial charge in [0.15, 0.2) is 0 Å². The lowest BCUT2D eigenvalue weighted by molar-refractivity contribution is -0.121. The molecule has 0 saturated heterocycles. The second kappa shape index (κ2) is 11.6. The van der Waals surface area contributed by atoms with Crippen LogP contribution in [0.15, 0.2) is 54.6 Å². The second-order valence-electron chi connectivity index (χ2n) is 7.76. The van der Waals surface area contributed by atoms with E-state index < -0.39 is 6.04 Å². The van der Waals surface area contributed by atoms with Crippen LogP contribution >= 0.6 is 11.6 Å². The number of ether oxygens (including phenoxy) is 1. The third-order valence-electron chi connectivity index (χ3n) is 5.52. The Morgan fingerprint density at radius 1 is 1.09 bits per heavy atom. The van der Waals surface area contributed by atoms with Gasteiger partial charge in [0.25, 0.3) is 5.91 Å². The predicted molar refractivity (Wildman–Crippen MR) is 128 cm³/mol. The number of nitrogens with one attached hydrogen (secondary N) is 2. The van der Waals surface area contributed by atoms with Crippen LogP contribution in [-0.2, 0) is 22.6 Å². The van der Waals surface area contributed by atoms with Crippen molar-refractivity contribution in [2.24, 2.45) is 0 Å². The lowest BCUT2D eigenvalue weighted by atomic mass is 10.0. The summed E-state index contributed by atoms with van der Waals surface area (Å²) < 4.78 is 7.02. The van der Waals surface area contributed by atoms with E-state index in [0.29, 0.717) is 30.3 Å². The van der Waals surface area contributed by atoms with Crippen LogP contribution in [0, 0.1) is 13.8 Å². The van der Waals surface area contributed by atoms with E-state index in [0.717, 1.165) is 22.5 Å². The summed E-state index contributed by atoms with van der Waals surface area (Å²) in [6, 6.07) is 15.8. The Hall–Kier alpha value is -3.16. The molecule has 0 aliphatic heterocycles. The summed E-state index contributed by atoms with van der Waals surface area (Å²) in [4.78, 5) is 25.7. The maximum atomic E-state index is 12.9. The van der Waals surface area contributed by atoms with Crippen LogP contribution in [0.1, 0.15) is 45.3 Å². The van der Waals surface area contributed by atoms with E-state index in [1.54, 1.807) is 31.4 Å². The molecule has 0 bridgehead atoms.